The Bertz CT molecular complexity index is 1010. The van der Waals surface area contributed by atoms with Gasteiger partial charge in [0, 0.05) is 17.6 Å². The van der Waals surface area contributed by atoms with E-state index in [1.54, 1.807) is 17.2 Å². The summed E-state index contributed by atoms with van der Waals surface area (Å²) in [4.78, 5) is 19.4. The summed E-state index contributed by atoms with van der Waals surface area (Å²) in [6.07, 6.45) is 1.35. The van der Waals surface area contributed by atoms with Crippen molar-refractivity contribution in [2.45, 2.75) is 26.9 Å². The minimum Gasteiger partial charge on any atom is -0.494 e. The number of hydrogen-bond donors (Lipinski definition) is 1. The first kappa shape index (κ1) is 18.0. The first-order valence-corrected chi connectivity index (χ1v) is 9.43. The van der Waals surface area contributed by atoms with E-state index in [1.807, 2.05) is 43.3 Å². The van der Waals surface area contributed by atoms with Crippen LogP contribution < -0.4 is 15.0 Å². The van der Waals surface area contributed by atoms with Gasteiger partial charge in [0.05, 0.1) is 17.9 Å². The van der Waals surface area contributed by atoms with Crippen LogP contribution in [0.4, 0.5) is 11.4 Å². The average molecular weight is 373 g/mol. The summed E-state index contributed by atoms with van der Waals surface area (Å²) in [5.74, 6) is 0.723. The molecule has 0 radical (unpaired) electrons. The molecule has 1 aliphatic rings. The molecule has 2 heterocycles. The Morgan fingerprint density at radius 3 is 2.57 bits per heavy atom. The maximum atomic E-state index is 13.1. The molecule has 1 atom stereocenters. The fourth-order valence-electron chi connectivity index (χ4n) is 3.44. The highest BCUT2D eigenvalue weighted by Gasteiger charge is 2.39. The fraction of sp³-hybridized carbons (Fsp3) is 0.217. The molecule has 4 rings (SSSR count). The van der Waals surface area contributed by atoms with Gasteiger partial charge in [-0.05, 0) is 80.4 Å². The number of carbonyl (C=O) groups is 1. The zero-order valence-corrected chi connectivity index (χ0v) is 16.3. The molecule has 0 unspecified atom stereocenters. The summed E-state index contributed by atoms with van der Waals surface area (Å²) >= 11 is 0. The zero-order valence-electron chi connectivity index (χ0n) is 16.3. The normalized spacial score (nSPS) is 15.5. The van der Waals surface area contributed by atoms with Crippen LogP contribution in [0.15, 0.2) is 60.8 Å². The maximum Gasteiger partial charge on any atom is 0.262 e. The van der Waals surface area contributed by atoms with Gasteiger partial charge in [-0.25, -0.2) is 0 Å². The number of fused-ring (bicyclic) bond motifs is 1. The van der Waals surface area contributed by atoms with Gasteiger partial charge in [0.2, 0.25) is 0 Å². The molecule has 0 bridgehead atoms. The molecule has 1 amide bonds. The standard InChI is InChI=1S/C23H23N3O2/c1-4-28-19-11-9-18(10-12-19)26-22(21-20(23(26)27)6-5-13-24-21)25-17-8-7-15(2)16(3)14-17/h5-14,22,25H,4H2,1-3H3/t22-/m1/s1. The van der Waals surface area contributed by atoms with Crippen LogP contribution >= 0.6 is 0 Å². The lowest BCUT2D eigenvalue weighted by Crippen LogP contribution is -2.32. The highest BCUT2D eigenvalue weighted by atomic mass is 16.5. The van der Waals surface area contributed by atoms with Gasteiger partial charge in [-0.1, -0.05) is 6.07 Å². The van der Waals surface area contributed by atoms with Crippen molar-refractivity contribution in [2.24, 2.45) is 0 Å². The molecule has 1 aliphatic heterocycles. The number of anilines is 2. The molecule has 5 heteroatoms. The van der Waals surface area contributed by atoms with E-state index >= 15 is 0 Å². The first-order valence-electron chi connectivity index (χ1n) is 9.43. The van der Waals surface area contributed by atoms with Crippen molar-refractivity contribution in [3.05, 3.63) is 83.2 Å². The summed E-state index contributed by atoms with van der Waals surface area (Å²) < 4.78 is 5.53. The molecule has 0 fully saturated rings. The molecule has 1 aromatic heterocycles. The molecule has 5 nitrogen and oxygen atoms in total. The molecule has 28 heavy (non-hydrogen) atoms. The van der Waals surface area contributed by atoms with E-state index in [9.17, 15) is 4.79 Å². The van der Waals surface area contributed by atoms with Crippen LogP contribution in [0.3, 0.4) is 0 Å². The van der Waals surface area contributed by atoms with E-state index in [4.69, 9.17) is 4.74 Å². The summed E-state index contributed by atoms with van der Waals surface area (Å²) in [7, 11) is 0. The highest BCUT2D eigenvalue weighted by molar-refractivity contribution is 6.11. The highest BCUT2D eigenvalue weighted by Crippen LogP contribution is 2.37. The van der Waals surface area contributed by atoms with Gasteiger partial charge in [0.1, 0.15) is 5.75 Å². The second-order valence-electron chi connectivity index (χ2n) is 6.88. The number of aryl methyl sites for hydroxylation is 2. The third kappa shape index (κ3) is 3.20. The zero-order chi connectivity index (χ0) is 19.7. The number of nitrogens with one attached hydrogen (secondary N) is 1. The Morgan fingerprint density at radius 2 is 1.86 bits per heavy atom. The van der Waals surface area contributed by atoms with Gasteiger partial charge in [-0.3, -0.25) is 14.7 Å². The second kappa shape index (κ2) is 7.35. The second-order valence-corrected chi connectivity index (χ2v) is 6.88. The van der Waals surface area contributed by atoms with E-state index in [0.29, 0.717) is 12.2 Å². The van der Waals surface area contributed by atoms with E-state index in [1.165, 1.54) is 11.1 Å². The molecule has 0 aliphatic carbocycles. The van der Waals surface area contributed by atoms with Gasteiger partial charge in [0.15, 0.2) is 6.17 Å². The number of nitrogens with zero attached hydrogens (tertiary/aromatic N) is 2. The van der Waals surface area contributed by atoms with Crippen molar-refractivity contribution in [1.82, 2.24) is 4.98 Å². The number of benzene rings is 2. The third-order valence-electron chi connectivity index (χ3n) is 5.04. The van der Waals surface area contributed by atoms with Gasteiger partial charge in [-0.2, -0.15) is 0 Å². The first-order chi connectivity index (χ1) is 13.6. The summed E-state index contributed by atoms with van der Waals surface area (Å²) in [5, 5.41) is 3.50. The molecule has 0 saturated heterocycles. The van der Waals surface area contributed by atoms with Crippen LogP contribution in [-0.4, -0.2) is 17.5 Å². The molecule has 2 aromatic carbocycles. The Morgan fingerprint density at radius 1 is 1.07 bits per heavy atom. The smallest absolute Gasteiger partial charge is 0.262 e. The lowest BCUT2D eigenvalue weighted by atomic mass is 10.1. The molecule has 0 saturated carbocycles. The Labute approximate surface area is 165 Å². The quantitative estimate of drug-likeness (QED) is 0.693. The monoisotopic (exact) mass is 373 g/mol. The van der Waals surface area contributed by atoms with Crippen molar-refractivity contribution < 1.29 is 9.53 Å². The summed E-state index contributed by atoms with van der Waals surface area (Å²) in [6.45, 7) is 6.72. The Kier molecular flexibility index (Phi) is 4.74. The maximum absolute atomic E-state index is 13.1. The van der Waals surface area contributed by atoms with Crippen molar-refractivity contribution in [3.8, 4) is 5.75 Å². The van der Waals surface area contributed by atoms with Crippen LogP contribution in [0.25, 0.3) is 0 Å². The molecule has 0 spiro atoms. The summed E-state index contributed by atoms with van der Waals surface area (Å²) in [6, 6.07) is 17.4. The number of carbonyl (C=O) groups excluding carboxylic acids is 1. The predicted molar refractivity (Wildman–Crippen MR) is 111 cm³/mol. The fourth-order valence-corrected chi connectivity index (χ4v) is 3.44. The van der Waals surface area contributed by atoms with Crippen molar-refractivity contribution >= 4 is 17.3 Å². The molecular formula is C23H23N3O2. The number of rotatable bonds is 5. The SMILES string of the molecule is CCOc1ccc(N2C(=O)c3cccnc3[C@@H]2Nc2ccc(C)c(C)c2)cc1. The summed E-state index contributed by atoms with van der Waals surface area (Å²) in [5.41, 5.74) is 5.54. The van der Waals surface area contributed by atoms with Gasteiger partial charge < -0.3 is 10.1 Å². The van der Waals surface area contributed by atoms with Crippen LogP contribution in [0.5, 0.6) is 5.75 Å². The number of ether oxygens (including phenoxy) is 1. The van der Waals surface area contributed by atoms with E-state index in [0.717, 1.165) is 22.8 Å². The van der Waals surface area contributed by atoms with Crippen LogP contribution in [0.1, 0.15) is 40.3 Å². The Hall–Kier alpha value is -3.34. The lowest BCUT2D eigenvalue weighted by Gasteiger charge is -2.27. The molecule has 142 valence electrons. The largest absolute Gasteiger partial charge is 0.494 e. The number of hydrogen-bond acceptors (Lipinski definition) is 4. The molecule has 3 aromatic rings. The number of aromatic nitrogens is 1. The van der Waals surface area contributed by atoms with E-state index in [2.05, 4.69) is 36.3 Å². The number of amides is 1. The van der Waals surface area contributed by atoms with Crippen molar-refractivity contribution in [1.29, 1.82) is 0 Å². The van der Waals surface area contributed by atoms with Crippen molar-refractivity contribution in [3.63, 3.8) is 0 Å². The third-order valence-corrected chi connectivity index (χ3v) is 5.04. The topological polar surface area (TPSA) is 54.5 Å². The van der Waals surface area contributed by atoms with Crippen LogP contribution in [0, 0.1) is 13.8 Å². The van der Waals surface area contributed by atoms with Crippen LogP contribution in [-0.2, 0) is 0 Å². The number of pyridine rings is 1. The van der Waals surface area contributed by atoms with Gasteiger partial charge in [-0.15, -0.1) is 0 Å². The lowest BCUT2D eigenvalue weighted by molar-refractivity contribution is 0.0993. The average Bonchev–Trinajstić information content (AvgIpc) is 2.98. The predicted octanol–water partition coefficient (Wildman–Crippen LogP) is 4.87. The van der Waals surface area contributed by atoms with Gasteiger partial charge >= 0.3 is 0 Å². The van der Waals surface area contributed by atoms with E-state index in [-0.39, 0.29) is 12.1 Å². The Balaban J connectivity index is 1.72. The van der Waals surface area contributed by atoms with Crippen molar-refractivity contribution in [2.75, 3.05) is 16.8 Å². The molecule has 1 N–H and O–H groups in total. The van der Waals surface area contributed by atoms with Gasteiger partial charge in [0.25, 0.3) is 5.91 Å². The van der Waals surface area contributed by atoms with E-state index < -0.39 is 0 Å². The minimum absolute atomic E-state index is 0.0615. The van der Waals surface area contributed by atoms with Crippen LogP contribution in [0.2, 0.25) is 0 Å². The molecular weight excluding hydrogens is 350 g/mol. The minimum atomic E-state index is -0.372.